The molecule has 2 aromatic carbocycles. The van der Waals surface area contributed by atoms with Crippen molar-refractivity contribution in [2.45, 2.75) is 38.2 Å². The highest BCUT2D eigenvalue weighted by atomic mass is 16.5. The zero-order valence-electron chi connectivity index (χ0n) is 14.4. The van der Waals surface area contributed by atoms with Crippen LogP contribution < -0.4 is 9.47 Å². The Bertz CT molecular complexity index is 604. The minimum Gasteiger partial charge on any atom is -0.497 e. The van der Waals surface area contributed by atoms with Gasteiger partial charge in [-0.05, 0) is 48.2 Å². The molecule has 124 valence electrons. The third kappa shape index (κ3) is 3.50. The molecule has 2 aromatic rings. The first kappa shape index (κ1) is 17.4. The Kier molecular flexibility index (Phi) is 5.67. The molecule has 0 aromatic heterocycles. The summed E-state index contributed by atoms with van der Waals surface area (Å²) >= 11 is 0. The molecule has 3 heteroatoms. The van der Waals surface area contributed by atoms with Gasteiger partial charge in [0, 0.05) is 5.92 Å². The van der Waals surface area contributed by atoms with Crippen LogP contribution in [0.15, 0.2) is 48.5 Å². The van der Waals surface area contributed by atoms with Crippen LogP contribution in [0, 0.1) is 0 Å². The monoisotopic (exact) mass is 314 g/mol. The van der Waals surface area contributed by atoms with Crippen molar-refractivity contribution in [2.75, 3.05) is 14.2 Å². The van der Waals surface area contributed by atoms with Gasteiger partial charge in [-0.1, -0.05) is 38.1 Å². The summed E-state index contributed by atoms with van der Waals surface area (Å²) in [5, 5.41) is 11.4. The van der Waals surface area contributed by atoms with Crippen molar-refractivity contribution >= 4 is 0 Å². The molecule has 0 radical (unpaired) electrons. The highest BCUT2D eigenvalue weighted by Crippen LogP contribution is 2.42. The van der Waals surface area contributed by atoms with Crippen molar-refractivity contribution in [1.29, 1.82) is 0 Å². The minimum absolute atomic E-state index is 0.0202. The van der Waals surface area contributed by atoms with Crippen LogP contribution in [0.3, 0.4) is 0 Å². The molecule has 0 unspecified atom stereocenters. The second-order valence-electron chi connectivity index (χ2n) is 5.74. The first-order chi connectivity index (χ1) is 11.1. The van der Waals surface area contributed by atoms with Crippen molar-refractivity contribution in [3.8, 4) is 11.5 Å². The SMILES string of the molecule is CC[C@H](c1ccc(OC)cc1)[C@@](O)(CC)c1ccc(OC)cc1. The zero-order chi connectivity index (χ0) is 16.9. The van der Waals surface area contributed by atoms with E-state index in [-0.39, 0.29) is 5.92 Å². The molecule has 0 aliphatic carbocycles. The number of rotatable bonds is 7. The van der Waals surface area contributed by atoms with E-state index < -0.39 is 5.60 Å². The van der Waals surface area contributed by atoms with Gasteiger partial charge in [0.25, 0.3) is 0 Å². The van der Waals surface area contributed by atoms with Crippen LogP contribution in [0.4, 0.5) is 0 Å². The summed E-state index contributed by atoms with van der Waals surface area (Å²) in [5.41, 5.74) is 1.13. The van der Waals surface area contributed by atoms with Gasteiger partial charge in [-0.2, -0.15) is 0 Å². The lowest BCUT2D eigenvalue weighted by molar-refractivity contribution is 0.00143. The summed E-state index contributed by atoms with van der Waals surface area (Å²) in [7, 11) is 3.30. The maximum atomic E-state index is 11.4. The van der Waals surface area contributed by atoms with Crippen LogP contribution in [-0.2, 0) is 5.60 Å². The van der Waals surface area contributed by atoms with Crippen LogP contribution in [0.25, 0.3) is 0 Å². The molecular weight excluding hydrogens is 288 g/mol. The molecule has 0 saturated heterocycles. The fraction of sp³-hybridized carbons (Fsp3) is 0.400. The van der Waals surface area contributed by atoms with Crippen LogP contribution in [0.2, 0.25) is 0 Å². The summed E-state index contributed by atoms with van der Waals surface area (Å²) < 4.78 is 10.4. The molecule has 0 heterocycles. The molecule has 0 aliphatic heterocycles. The van der Waals surface area contributed by atoms with Gasteiger partial charge in [0.05, 0.1) is 19.8 Å². The fourth-order valence-electron chi connectivity index (χ4n) is 3.22. The molecule has 1 N–H and O–H groups in total. The van der Waals surface area contributed by atoms with Gasteiger partial charge < -0.3 is 14.6 Å². The smallest absolute Gasteiger partial charge is 0.118 e. The number of hydrogen-bond acceptors (Lipinski definition) is 3. The summed E-state index contributed by atoms with van der Waals surface area (Å²) in [5.74, 6) is 1.64. The lowest BCUT2D eigenvalue weighted by atomic mass is 9.74. The Morgan fingerprint density at radius 1 is 0.870 bits per heavy atom. The summed E-state index contributed by atoms with van der Waals surface area (Å²) in [6, 6.07) is 15.7. The van der Waals surface area contributed by atoms with Crippen LogP contribution in [0.5, 0.6) is 11.5 Å². The highest BCUT2D eigenvalue weighted by Gasteiger charge is 2.36. The van der Waals surface area contributed by atoms with Crippen molar-refractivity contribution in [3.05, 3.63) is 59.7 Å². The molecular formula is C20H26O3. The predicted octanol–water partition coefficient (Wildman–Crippen LogP) is 4.50. The molecule has 2 atom stereocenters. The van der Waals surface area contributed by atoms with E-state index in [1.807, 2.05) is 55.5 Å². The van der Waals surface area contributed by atoms with Crippen LogP contribution >= 0.6 is 0 Å². The van der Waals surface area contributed by atoms with E-state index in [0.29, 0.717) is 6.42 Å². The van der Waals surface area contributed by atoms with Crippen molar-refractivity contribution in [3.63, 3.8) is 0 Å². The largest absolute Gasteiger partial charge is 0.497 e. The number of ether oxygens (including phenoxy) is 2. The Balaban J connectivity index is 2.40. The Hall–Kier alpha value is -2.00. The second-order valence-corrected chi connectivity index (χ2v) is 5.74. The quantitative estimate of drug-likeness (QED) is 0.818. The van der Waals surface area contributed by atoms with Gasteiger partial charge in [-0.15, -0.1) is 0 Å². The minimum atomic E-state index is -0.907. The lowest BCUT2D eigenvalue weighted by Gasteiger charge is -2.36. The molecule has 0 fully saturated rings. The fourth-order valence-corrected chi connectivity index (χ4v) is 3.22. The molecule has 0 spiro atoms. The number of benzene rings is 2. The van der Waals surface area contributed by atoms with E-state index in [0.717, 1.165) is 29.0 Å². The standard InChI is InChI=1S/C20H26O3/c1-5-19(15-7-11-17(22-3)12-8-15)20(21,6-2)16-9-13-18(23-4)14-10-16/h7-14,19,21H,5-6H2,1-4H3/t19-,20-/m1/s1. The van der Waals surface area contributed by atoms with E-state index in [4.69, 9.17) is 9.47 Å². The predicted molar refractivity (Wildman–Crippen MR) is 93.2 cm³/mol. The van der Waals surface area contributed by atoms with Gasteiger partial charge >= 0.3 is 0 Å². The average Bonchev–Trinajstić information content (AvgIpc) is 2.62. The van der Waals surface area contributed by atoms with E-state index >= 15 is 0 Å². The third-order valence-corrected chi connectivity index (χ3v) is 4.63. The maximum absolute atomic E-state index is 11.4. The van der Waals surface area contributed by atoms with Crippen molar-refractivity contribution in [1.82, 2.24) is 0 Å². The number of methoxy groups -OCH3 is 2. The molecule has 0 amide bonds. The van der Waals surface area contributed by atoms with E-state index in [1.54, 1.807) is 14.2 Å². The van der Waals surface area contributed by atoms with E-state index in [9.17, 15) is 5.11 Å². The van der Waals surface area contributed by atoms with E-state index in [1.165, 1.54) is 0 Å². The number of aliphatic hydroxyl groups is 1. The molecule has 3 nitrogen and oxygen atoms in total. The number of hydrogen-bond donors (Lipinski definition) is 1. The molecule has 23 heavy (non-hydrogen) atoms. The van der Waals surface area contributed by atoms with Crippen LogP contribution in [-0.4, -0.2) is 19.3 Å². The van der Waals surface area contributed by atoms with Crippen LogP contribution in [0.1, 0.15) is 43.7 Å². The van der Waals surface area contributed by atoms with Gasteiger partial charge in [0.1, 0.15) is 11.5 Å². The van der Waals surface area contributed by atoms with E-state index in [2.05, 4.69) is 6.92 Å². The summed E-state index contributed by atoms with van der Waals surface area (Å²) in [4.78, 5) is 0. The molecule has 2 rings (SSSR count). The Morgan fingerprint density at radius 2 is 1.35 bits per heavy atom. The topological polar surface area (TPSA) is 38.7 Å². The Labute approximate surface area is 138 Å². The lowest BCUT2D eigenvalue weighted by Crippen LogP contribution is -2.32. The third-order valence-electron chi connectivity index (χ3n) is 4.63. The summed E-state index contributed by atoms with van der Waals surface area (Å²) in [6.07, 6.45) is 1.49. The maximum Gasteiger partial charge on any atom is 0.118 e. The van der Waals surface area contributed by atoms with Crippen molar-refractivity contribution < 1.29 is 14.6 Å². The van der Waals surface area contributed by atoms with Gasteiger partial charge in [-0.25, -0.2) is 0 Å². The highest BCUT2D eigenvalue weighted by molar-refractivity contribution is 5.36. The second kappa shape index (κ2) is 7.51. The van der Waals surface area contributed by atoms with Gasteiger partial charge in [0.2, 0.25) is 0 Å². The Morgan fingerprint density at radius 3 is 1.74 bits per heavy atom. The molecule has 0 saturated carbocycles. The van der Waals surface area contributed by atoms with Gasteiger partial charge in [-0.3, -0.25) is 0 Å². The summed E-state index contributed by atoms with van der Waals surface area (Å²) in [6.45, 7) is 4.13. The normalized spacial score (nSPS) is 14.8. The molecule has 0 aliphatic rings. The van der Waals surface area contributed by atoms with Crippen molar-refractivity contribution in [2.24, 2.45) is 0 Å². The average molecular weight is 314 g/mol. The first-order valence-electron chi connectivity index (χ1n) is 8.09. The zero-order valence-corrected chi connectivity index (χ0v) is 14.4. The van der Waals surface area contributed by atoms with Gasteiger partial charge in [0.15, 0.2) is 0 Å². The molecule has 0 bridgehead atoms. The first-order valence-corrected chi connectivity index (χ1v) is 8.09.